The van der Waals surface area contributed by atoms with E-state index in [-0.39, 0.29) is 17.7 Å². The first kappa shape index (κ1) is 17.8. The number of carbonyl (C=O) groups excluding carboxylic acids is 2. The van der Waals surface area contributed by atoms with Gasteiger partial charge >= 0.3 is 0 Å². The number of likely N-dealkylation sites (tertiary alicyclic amines) is 1. The molecule has 0 radical (unpaired) electrons. The van der Waals surface area contributed by atoms with Gasteiger partial charge in [0.05, 0.1) is 5.69 Å². The van der Waals surface area contributed by atoms with Crippen LogP contribution in [0.4, 0.5) is 0 Å². The van der Waals surface area contributed by atoms with Crippen molar-refractivity contribution >= 4 is 23.6 Å². The number of amides is 2. The van der Waals surface area contributed by atoms with Crippen LogP contribution in [0.5, 0.6) is 0 Å². The number of nitrogens with one attached hydrogen (secondary N) is 1. The highest BCUT2D eigenvalue weighted by atomic mass is 32.2. The van der Waals surface area contributed by atoms with Crippen LogP contribution in [0.25, 0.3) is 0 Å². The van der Waals surface area contributed by atoms with Crippen molar-refractivity contribution < 1.29 is 9.59 Å². The summed E-state index contributed by atoms with van der Waals surface area (Å²) in [4.78, 5) is 26.1. The number of hydrogen-bond donors (Lipinski definition) is 1. The molecule has 0 aliphatic carbocycles. The Morgan fingerprint density at radius 2 is 2.30 bits per heavy atom. The van der Waals surface area contributed by atoms with Gasteiger partial charge in [-0.3, -0.25) is 14.3 Å². The van der Waals surface area contributed by atoms with E-state index in [1.54, 1.807) is 16.4 Å². The molecule has 2 atom stereocenters. The summed E-state index contributed by atoms with van der Waals surface area (Å²) in [6, 6.07) is 1.61. The molecule has 1 N–H and O–H groups in total. The third kappa shape index (κ3) is 4.99. The number of rotatable bonds is 6. The number of aromatic nitrogens is 2. The minimum atomic E-state index is -0.414. The zero-order chi connectivity index (χ0) is 16.8. The summed E-state index contributed by atoms with van der Waals surface area (Å²) in [7, 11) is 1.91. The Morgan fingerprint density at radius 1 is 1.52 bits per heavy atom. The van der Waals surface area contributed by atoms with Crippen molar-refractivity contribution in [1.82, 2.24) is 20.0 Å². The number of piperidine rings is 1. The van der Waals surface area contributed by atoms with Crippen LogP contribution in [0.1, 0.15) is 37.8 Å². The van der Waals surface area contributed by atoms with Crippen molar-refractivity contribution in [3.8, 4) is 0 Å². The van der Waals surface area contributed by atoms with Gasteiger partial charge in [0.15, 0.2) is 0 Å². The lowest BCUT2D eigenvalue weighted by Crippen LogP contribution is -2.50. The molecule has 0 saturated carbocycles. The van der Waals surface area contributed by atoms with Crippen LogP contribution < -0.4 is 5.32 Å². The van der Waals surface area contributed by atoms with E-state index in [0.717, 1.165) is 30.8 Å². The summed E-state index contributed by atoms with van der Waals surface area (Å²) in [5.74, 6) is 1.03. The van der Waals surface area contributed by atoms with Crippen LogP contribution in [0.2, 0.25) is 0 Å². The van der Waals surface area contributed by atoms with Gasteiger partial charge in [0.25, 0.3) is 0 Å². The summed E-state index contributed by atoms with van der Waals surface area (Å²) in [6.45, 7) is 2.91. The fourth-order valence-corrected chi connectivity index (χ4v) is 3.50. The standard InChI is InChI=1S/C16H26N4O2S/c1-12(21)17-15(7-10-23-3)16(22)20-8-4-5-13(11-20)14-6-9-19(2)18-14/h6,9,13,15H,4-5,7-8,10-11H2,1-3H3,(H,17,21). The highest BCUT2D eigenvalue weighted by Gasteiger charge is 2.30. The van der Waals surface area contributed by atoms with Crippen molar-refractivity contribution in [2.75, 3.05) is 25.1 Å². The molecule has 1 aliphatic rings. The van der Waals surface area contributed by atoms with Gasteiger partial charge in [-0.2, -0.15) is 16.9 Å². The third-order valence-electron chi connectivity index (χ3n) is 4.17. The second-order valence-corrected chi connectivity index (χ2v) is 7.06. The molecule has 1 aromatic rings. The molecule has 0 spiro atoms. The molecule has 128 valence electrons. The second kappa shape index (κ2) is 8.38. The first-order valence-corrected chi connectivity index (χ1v) is 9.45. The van der Waals surface area contributed by atoms with Crippen molar-refractivity contribution in [2.45, 2.75) is 38.1 Å². The highest BCUT2D eigenvalue weighted by Crippen LogP contribution is 2.26. The van der Waals surface area contributed by atoms with Crippen molar-refractivity contribution in [3.63, 3.8) is 0 Å². The predicted octanol–water partition coefficient (Wildman–Crippen LogP) is 1.38. The van der Waals surface area contributed by atoms with Crippen LogP contribution in [0, 0.1) is 0 Å². The molecule has 1 saturated heterocycles. The van der Waals surface area contributed by atoms with Crippen LogP contribution in [0.3, 0.4) is 0 Å². The van der Waals surface area contributed by atoms with Gasteiger partial charge in [-0.15, -0.1) is 0 Å². The van der Waals surface area contributed by atoms with Crippen LogP contribution in [-0.2, 0) is 16.6 Å². The van der Waals surface area contributed by atoms with Crippen molar-refractivity contribution in [2.24, 2.45) is 7.05 Å². The molecule has 2 heterocycles. The van der Waals surface area contributed by atoms with E-state index in [1.165, 1.54) is 6.92 Å². The summed E-state index contributed by atoms with van der Waals surface area (Å²) < 4.78 is 1.80. The summed E-state index contributed by atoms with van der Waals surface area (Å²) in [5.41, 5.74) is 1.05. The Balaban J connectivity index is 2.02. The monoisotopic (exact) mass is 338 g/mol. The lowest BCUT2D eigenvalue weighted by molar-refractivity contribution is -0.137. The lowest BCUT2D eigenvalue weighted by Gasteiger charge is -2.34. The van der Waals surface area contributed by atoms with E-state index < -0.39 is 6.04 Å². The van der Waals surface area contributed by atoms with E-state index in [2.05, 4.69) is 10.4 Å². The molecular formula is C16H26N4O2S. The van der Waals surface area contributed by atoms with E-state index >= 15 is 0 Å². The molecule has 0 aromatic carbocycles. The summed E-state index contributed by atoms with van der Waals surface area (Å²) in [5, 5.41) is 7.28. The van der Waals surface area contributed by atoms with Crippen LogP contribution in [0.15, 0.2) is 12.3 Å². The molecule has 2 rings (SSSR count). The first-order chi connectivity index (χ1) is 11.0. The molecule has 6 nitrogen and oxygen atoms in total. The smallest absolute Gasteiger partial charge is 0.245 e. The van der Waals surface area contributed by atoms with Crippen molar-refractivity contribution in [1.29, 1.82) is 0 Å². The fraction of sp³-hybridized carbons (Fsp3) is 0.688. The topological polar surface area (TPSA) is 67.2 Å². The normalized spacial score (nSPS) is 19.4. The summed E-state index contributed by atoms with van der Waals surface area (Å²) >= 11 is 1.69. The Morgan fingerprint density at radius 3 is 2.91 bits per heavy atom. The van der Waals surface area contributed by atoms with Gasteiger partial charge in [-0.1, -0.05) is 0 Å². The quantitative estimate of drug-likeness (QED) is 0.851. The Kier molecular flexibility index (Phi) is 6.50. The molecule has 2 amide bonds. The third-order valence-corrected chi connectivity index (χ3v) is 4.82. The van der Waals surface area contributed by atoms with Gasteiger partial charge in [0.2, 0.25) is 11.8 Å². The zero-order valence-corrected chi connectivity index (χ0v) is 14.9. The fourth-order valence-electron chi connectivity index (χ4n) is 3.03. The number of nitrogens with zero attached hydrogens (tertiary/aromatic N) is 3. The van der Waals surface area contributed by atoms with Crippen LogP contribution >= 0.6 is 11.8 Å². The minimum absolute atomic E-state index is 0.0369. The Bertz CT molecular complexity index is 546. The zero-order valence-electron chi connectivity index (χ0n) is 14.1. The maximum Gasteiger partial charge on any atom is 0.245 e. The van der Waals surface area contributed by atoms with E-state index in [1.807, 2.05) is 30.5 Å². The van der Waals surface area contributed by atoms with E-state index in [0.29, 0.717) is 13.0 Å². The lowest BCUT2D eigenvalue weighted by atomic mass is 9.94. The predicted molar refractivity (Wildman–Crippen MR) is 92.4 cm³/mol. The van der Waals surface area contributed by atoms with Crippen molar-refractivity contribution in [3.05, 3.63) is 18.0 Å². The molecular weight excluding hydrogens is 312 g/mol. The van der Waals surface area contributed by atoms with Gasteiger partial charge in [0, 0.05) is 39.2 Å². The number of hydrogen-bond acceptors (Lipinski definition) is 4. The maximum absolute atomic E-state index is 12.8. The maximum atomic E-state index is 12.8. The minimum Gasteiger partial charge on any atom is -0.345 e. The summed E-state index contributed by atoms with van der Waals surface area (Å²) in [6.07, 6.45) is 6.64. The number of aryl methyl sites for hydroxylation is 1. The average Bonchev–Trinajstić information content (AvgIpc) is 2.97. The first-order valence-electron chi connectivity index (χ1n) is 8.05. The van der Waals surface area contributed by atoms with Gasteiger partial charge < -0.3 is 10.2 Å². The van der Waals surface area contributed by atoms with E-state index in [4.69, 9.17) is 0 Å². The SMILES string of the molecule is CSCCC(NC(C)=O)C(=O)N1CCCC(c2ccn(C)n2)C1. The van der Waals surface area contributed by atoms with Gasteiger partial charge in [-0.05, 0) is 37.3 Å². The van der Waals surface area contributed by atoms with Gasteiger partial charge in [0.1, 0.15) is 6.04 Å². The second-order valence-electron chi connectivity index (χ2n) is 6.07. The van der Waals surface area contributed by atoms with Crippen LogP contribution in [-0.4, -0.2) is 57.6 Å². The van der Waals surface area contributed by atoms with Gasteiger partial charge in [-0.25, -0.2) is 0 Å². The number of carbonyl (C=O) groups is 2. The molecule has 1 fully saturated rings. The largest absolute Gasteiger partial charge is 0.345 e. The molecule has 1 aliphatic heterocycles. The molecule has 2 unspecified atom stereocenters. The molecule has 7 heteroatoms. The average molecular weight is 338 g/mol. The molecule has 23 heavy (non-hydrogen) atoms. The van der Waals surface area contributed by atoms with E-state index in [9.17, 15) is 9.59 Å². The highest BCUT2D eigenvalue weighted by molar-refractivity contribution is 7.98. The Labute approximate surface area is 142 Å². The molecule has 1 aromatic heterocycles. The number of thioether (sulfide) groups is 1. The Hall–Kier alpha value is -1.50. The molecule has 0 bridgehead atoms.